The summed E-state index contributed by atoms with van der Waals surface area (Å²) in [6.07, 6.45) is 0. The smallest absolute Gasteiger partial charge is 0.353 e. The fourth-order valence-corrected chi connectivity index (χ4v) is 2.78. The molecule has 1 aromatic rings. The lowest BCUT2D eigenvalue weighted by Crippen LogP contribution is -2.18. The van der Waals surface area contributed by atoms with Gasteiger partial charge in [-0.1, -0.05) is 18.2 Å². The van der Waals surface area contributed by atoms with Crippen molar-refractivity contribution in [1.29, 1.82) is 0 Å². The van der Waals surface area contributed by atoms with Gasteiger partial charge >= 0.3 is 5.97 Å². The Labute approximate surface area is 106 Å². The first-order valence-electron chi connectivity index (χ1n) is 5.28. The van der Waals surface area contributed by atoms with E-state index in [2.05, 4.69) is 4.74 Å². The third-order valence-corrected chi connectivity index (χ3v) is 4.00. The molecule has 0 amide bonds. The third-order valence-electron chi connectivity index (χ3n) is 2.11. The maximum absolute atomic E-state index is 12.2. The summed E-state index contributed by atoms with van der Waals surface area (Å²) in [4.78, 5) is 10.8. The molecule has 18 heavy (non-hydrogen) atoms. The molecule has 0 unspecified atom stereocenters. The van der Waals surface area contributed by atoms with Gasteiger partial charge in [0.25, 0.3) is 0 Å². The van der Waals surface area contributed by atoms with E-state index in [1.165, 1.54) is 24.3 Å². The number of hydrogen-bond acceptors (Lipinski definition) is 5. The number of sulfone groups is 1. The maximum atomic E-state index is 12.2. The number of carbonyl (C=O) groups is 1. The van der Waals surface area contributed by atoms with Gasteiger partial charge in [0.1, 0.15) is 5.76 Å². The Bertz CT molecular complexity index is 553. The number of rotatable bonds is 4. The van der Waals surface area contributed by atoms with Crippen LogP contribution < -0.4 is 0 Å². The molecule has 0 heterocycles. The standard InChI is InChI=1S/C12H14O5S/c1-3-17-12(14)11(9(2)13)18(15,16)10-7-5-4-6-8-10/h4-8,13H,3H2,1-2H3/b11-9+. The lowest BCUT2D eigenvalue weighted by atomic mass is 10.4. The van der Waals surface area contributed by atoms with Crippen molar-refractivity contribution in [1.82, 2.24) is 0 Å². The number of carbonyl (C=O) groups excluding carboxylic acids is 1. The van der Waals surface area contributed by atoms with Gasteiger partial charge in [0.05, 0.1) is 11.5 Å². The third kappa shape index (κ3) is 2.89. The van der Waals surface area contributed by atoms with Crippen molar-refractivity contribution in [2.24, 2.45) is 0 Å². The summed E-state index contributed by atoms with van der Waals surface area (Å²) < 4.78 is 29.0. The van der Waals surface area contributed by atoms with Gasteiger partial charge in [-0.05, 0) is 26.0 Å². The molecule has 0 bridgehead atoms. The fourth-order valence-electron chi connectivity index (χ4n) is 1.37. The van der Waals surface area contributed by atoms with Crippen LogP contribution in [0.25, 0.3) is 0 Å². The Morgan fingerprint density at radius 2 is 1.83 bits per heavy atom. The number of hydrogen-bond donors (Lipinski definition) is 1. The summed E-state index contributed by atoms with van der Waals surface area (Å²) in [6, 6.07) is 7.40. The van der Waals surface area contributed by atoms with Gasteiger partial charge < -0.3 is 9.84 Å². The normalized spacial score (nSPS) is 12.8. The highest BCUT2D eigenvalue weighted by Gasteiger charge is 2.30. The van der Waals surface area contributed by atoms with Crippen LogP contribution in [-0.4, -0.2) is 26.1 Å². The van der Waals surface area contributed by atoms with E-state index in [9.17, 15) is 18.3 Å². The first-order valence-corrected chi connectivity index (χ1v) is 6.76. The number of ether oxygens (including phenoxy) is 1. The lowest BCUT2D eigenvalue weighted by molar-refractivity contribution is -0.137. The number of allylic oxidation sites excluding steroid dienone is 1. The predicted octanol–water partition coefficient (Wildman–Crippen LogP) is 1.81. The molecule has 5 nitrogen and oxygen atoms in total. The summed E-state index contributed by atoms with van der Waals surface area (Å²) in [5.41, 5.74) is 0. The molecule has 1 N–H and O–H groups in total. The van der Waals surface area contributed by atoms with Gasteiger partial charge in [-0.25, -0.2) is 13.2 Å². The SMILES string of the molecule is CCOC(=O)/C(=C(/C)O)S(=O)(=O)c1ccccc1. The Morgan fingerprint density at radius 1 is 1.28 bits per heavy atom. The first kappa shape index (κ1) is 14.2. The van der Waals surface area contributed by atoms with Crippen molar-refractivity contribution in [3.63, 3.8) is 0 Å². The largest absolute Gasteiger partial charge is 0.511 e. The average molecular weight is 270 g/mol. The van der Waals surface area contributed by atoms with Crippen LogP contribution in [-0.2, 0) is 19.4 Å². The second kappa shape index (κ2) is 5.68. The Balaban J connectivity index is 3.33. The molecule has 0 atom stereocenters. The maximum Gasteiger partial charge on any atom is 0.353 e. The second-order valence-electron chi connectivity index (χ2n) is 3.45. The zero-order valence-electron chi connectivity index (χ0n) is 10.1. The molecule has 1 rings (SSSR count). The van der Waals surface area contributed by atoms with Gasteiger partial charge in [0.2, 0.25) is 9.84 Å². The van der Waals surface area contributed by atoms with Crippen molar-refractivity contribution in [3.05, 3.63) is 41.0 Å². The molecule has 1 aromatic carbocycles. The van der Waals surface area contributed by atoms with Crippen LogP contribution in [0.5, 0.6) is 0 Å². The minimum Gasteiger partial charge on any atom is -0.511 e. The molecule has 98 valence electrons. The van der Waals surface area contributed by atoms with Gasteiger partial charge in [-0.3, -0.25) is 0 Å². The van der Waals surface area contributed by atoms with Crippen LogP contribution in [0, 0.1) is 0 Å². The van der Waals surface area contributed by atoms with E-state index >= 15 is 0 Å². The summed E-state index contributed by atoms with van der Waals surface area (Å²) >= 11 is 0. The van der Waals surface area contributed by atoms with Crippen LogP contribution in [0.1, 0.15) is 13.8 Å². The molecule has 0 spiro atoms. The number of benzene rings is 1. The molecule has 0 aliphatic carbocycles. The van der Waals surface area contributed by atoms with E-state index in [4.69, 9.17) is 0 Å². The Hall–Kier alpha value is -1.82. The van der Waals surface area contributed by atoms with Crippen LogP contribution in [0.3, 0.4) is 0 Å². The highest BCUT2D eigenvalue weighted by Crippen LogP contribution is 2.22. The van der Waals surface area contributed by atoms with Gasteiger partial charge in [-0.2, -0.15) is 0 Å². The number of aliphatic hydroxyl groups is 1. The summed E-state index contributed by atoms with van der Waals surface area (Å²) in [5, 5.41) is 9.41. The fraction of sp³-hybridized carbons (Fsp3) is 0.250. The Kier molecular flexibility index (Phi) is 4.49. The molecule has 0 aliphatic rings. The van der Waals surface area contributed by atoms with Crippen LogP contribution >= 0.6 is 0 Å². The zero-order chi connectivity index (χ0) is 13.8. The van der Waals surface area contributed by atoms with Gasteiger partial charge in [-0.15, -0.1) is 0 Å². The van der Waals surface area contributed by atoms with Gasteiger partial charge in [0, 0.05) is 0 Å². The molecule has 0 radical (unpaired) electrons. The van der Waals surface area contributed by atoms with Crippen molar-refractivity contribution < 1.29 is 23.1 Å². The van der Waals surface area contributed by atoms with Gasteiger partial charge in [0.15, 0.2) is 4.91 Å². The topological polar surface area (TPSA) is 80.7 Å². The highest BCUT2D eigenvalue weighted by molar-refractivity contribution is 7.96. The quantitative estimate of drug-likeness (QED) is 0.512. The molecule has 0 aromatic heterocycles. The molecule has 6 heteroatoms. The zero-order valence-corrected chi connectivity index (χ0v) is 10.9. The number of esters is 1. The Morgan fingerprint density at radius 3 is 2.28 bits per heavy atom. The molecule has 0 fully saturated rings. The van der Waals surface area contributed by atoms with Crippen molar-refractivity contribution in [2.75, 3.05) is 6.61 Å². The predicted molar refractivity (Wildman–Crippen MR) is 65.6 cm³/mol. The number of aliphatic hydroxyl groups excluding tert-OH is 1. The summed E-state index contributed by atoms with van der Waals surface area (Å²) in [6.45, 7) is 2.71. The minimum absolute atomic E-state index is 0.0277. The summed E-state index contributed by atoms with van der Waals surface area (Å²) in [5.74, 6) is -1.64. The van der Waals surface area contributed by atoms with Crippen LogP contribution in [0.4, 0.5) is 0 Å². The molecule has 0 saturated carbocycles. The van der Waals surface area contributed by atoms with E-state index in [-0.39, 0.29) is 11.5 Å². The van der Waals surface area contributed by atoms with Crippen LogP contribution in [0.15, 0.2) is 45.9 Å². The van der Waals surface area contributed by atoms with E-state index in [0.29, 0.717) is 0 Å². The van der Waals surface area contributed by atoms with E-state index in [1.54, 1.807) is 13.0 Å². The molecular weight excluding hydrogens is 256 g/mol. The average Bonchev–Trinajstić information content (AvgIpc) is 2.29. The van der Waals surface area contributed by atoms with E-state index in [0.717, 1.165) is 6.92 Å². The molecular formula is C12H14O5S. The molecule has 0 aliphatic heterocycles. The first-order chi connectivity index (χ1) is 8.41. The van der Waals surface area contributed by atoms with Crippen molar-refractivity contribution in [3.8, 4) is 0 Å². The summed E-state index contributed by atoms with van der Waals surface area (Å²) in [7, 11) is -4.07. The molecule has 0 saturated heterocycles. The van der Waals surface area contributed by atoms with Crippen molar-refractivity contribution >= 4 is 15.8 Å². The van der Waals surface area contributed by atoms with E-state index < -0.39 is 26.5 Å². The second-order valence-corrected chi connectivity index (χ2v) is 5.34. The van der Waals surface area contributed by atoms with Crippen molar-refractivity contribution in [2.45, 2.75) is 18.7 Å². The van der Waals surface area contributed by atoms with Crippen LogP contribution in [0.2, 0.25) is 0 Å². The monoisotopic (exact) mass is 270 g/mol. The highest BCUT2D eigenvalue weighted by atomic mass is 32.2. The van der Waals surface area contributed by atoms with E-state index in [1.807, 2.05) is 0 Å². The minimum atomic E-state index is -4.07. The lowest BCUT2D eigenvalue weighted by Gasteiger charge is -2.09.